The van der Waals surface area contributed by atoms with Crippen LogP contribution in [0.15, 0.2) is 24.3 Å². The Bertz CT molecular complexity index is 593. The second kappa shape index (κ2) is 7.73. The van der Waals surface area contributed by atoms with Crippen LogP contribution in [0.1, 0.15) is 38.4 Å². The lowest BCUT2D eigenvalue weighted by Crippen LogP contribution is -2.39. The molecule has 2 rings (SSSR count). The third-order valence-electron chi connectivity index (χ3n) is 4.70. The highest BCUT2D eigenvalue weighted by Crippen LogP contribution is 2.30. The van der Waals surface area contributed by atoms with Gasteiger partial charge in [0.2, 0.25) is 0 Å². The number of sulfone groups is 1. The molecule has 0 aliphatic carbocycles. The molecule has 1 unspecified atom stereocenters. The van der Waals surface area contributed by atoms with Crippen molar-refractivity contribution in [3.8, 4) is 0 Å². The molecule has 4 nitrogen and oxygen atoms in total. The van der Waals surface area contributed by atoms with Crippen molar-refractivity contribution in [2.24, 2.45) is 5.92 Å². The molecule has 23 heavy (non-hydrogen) atoms. The van der Waals surface area contributed by atoms with Crippen molar-refractivity contribution in [3.63, 3.8) is 0 Å². The summed E-state index contributed by atoms with van der Waals surface area (Å²) in [5, 5.41) is 10.1. The molecule has 1 aliphatic rings. The highest BCUT2D eigenvalue weighted by molar-refractivity contribution is 7.92. The maximum absolute atomic E-state index is 12.9. The van der Waals surface area contributed by atoms with Crippen molar-refractivity contribution in [2.75, 3.05) is 25.4 Å². The average molecular weight is 343 g/mol. The first-order chi connectivity index (χ1) is 10.8. The molecule has 1 aromatic rings. The molecular formula is C17H26FNO3S. The summed E-state index contributed by atoms with van der Waals surface area (Å²) in [7, 11) is -3.00. The van der Waals surface area contributed by atoms with E-state index in [-0.39, 0.29) is 22.7 Å². The van der Waals surface area contributed by atoms with Crippen LogP contribution in [0.4, 0.5) is 4.39 Å². The van der Waals surface area contributed by atoms with E-state index in [0.717, 1.165) is 31.5 Å². The van der Waals surface area contributed by atoms with E-state index in [9.17, 15) is 17.9 Å². The molecule has 0 aromatic heterocycles. The van der Waals surface area contributed by atoms with E-state index >= 15 is 0 Å². The lowest BCUT2D eigenvalue weighted by molar-refractivity contribution is 0.0605. The Balaban J connectivity index is 1.83. The van der Waals surface area contributed by atoms with Gasteiger partial charge in [-0.05, 0) is 63.4 Å². The van der Waals surface area contributed by atoms with Crippen LogP contribution in [-0.4, -0.2) is 49.1 Å². The van der Waals surface area contributed by atoms with Crippen LogP contribution < -0.4 is 0 Å². The Morgan fingerprint density at radius 1 is 1.22 bits per heavy atom. The number of rotatable bonds is 6. The van der Waals surface area contributed by atoms with Gasteiger partial charge in [0.25, 0.3) is 0 Å². The van der Waals surface area contributed by atoms with E-state index in [1.54, 1.807) is 26.0 Å². The van der Waals surface area contributed by atoms with Crippen LogP contribution in [0.5, 0.6) is 0 Å². The molecule has 0 radical (unpaired) electrons. The molecule has 1 aliphatic heterocycles. The van der Waals surface area contributed by atoms with Gasteiger partial charge in [-0.2, -0.15) is 0 Å². The van der Waals surface area contributed by atoms with Gasteiger partial charge in [0.1, 0.15) is 5.82 Å². The zero-order valence-corrected chi connectivity index (χ0v) is 14.6. The molecule has 1 aromatic carbocycles. The molecule has 1 atom stereocenters. The summed E-state index contributed by atoms with van der Waals surface area (Å²) < 4.78 is 36.7. The quantitative estimate of drug-likeness (QED) is 0.862. The van der Waals surface area contributed by atoms with Gasteiger partial charge in [0.05, 0.1) is 17.1 Å². The predicted molar refractivity (Wildman–Crippen MR) is 89.4 cm³/mol. The smallest absolute Gasteiger partial charge is 0.153 e. The van der Waals surface area contributed by atoms with Gasteiger partial charge < -0.3 is 10.0 Å². The lowest BCUT2D eigenvalue weighted by Gasteiger charge is -2.34. The fourth-order valence-corrected chi connectivity index (χ4v) is 3.90. The topological polar surface area (TPSA) is 57.6 Å². The minimum atomic E-state index is -3.00. The number of likely N-dealkylation sites (tertiary alicyclic amines) is 1. The largest absolute Gasteiger partial charge is 0.388 e. The Hall–Kier alpha value is -0.980. The SMILES string of the molecule is CC(C)S(=O)(=O)CCN1CCC(C(O)c2ccc(F)cc2)CC1. The van der Waals surface area contributed by atoms with Crippen LogP contribution in [-0.2, 0) is 9.84 Å². The zero-order chi connectivity index (χ0) is 17.0. The number of halogens is 1. The Morgan fingerprint density at radius 3 is 2.30 bits per heavy atom. The van der Waals surface area contributed by atoms with Gasteiger partial charge in [-0.1, -0.05) is 12.1 Å². The van der Waals surface area contributed by atoms with E-state index in [0.29, 0.717) is 6.54 Å². The third kappa shape index (κ3) is 4.99. The maximum Gasteiger partial charge on any atom is 0.153 e. The average Bonchev–Trinajstić information content (AvgIpc) is 2.53. The van der Waals surface area contributed by atoms with Gasteiger partial charge in [-0.25, -0.2) is 12.8 Å². The molecule has 1 fully saturated rings. The van der Waals surface area contributed by atoms with Gasteiger partial charge in [0.15, 0.2) is 9.84 Å². The fourth-order valence-electron chi connectivity index (χ4n) is 2.92. The summed E-state index contributed by atoms with van der Waals surface area (Å²) >= 11 is 0. The summed E-state index contributed by atoms with van der Waals surface area (Å²) in [6.45, 7) is 5.55. The van der Waals surface area contributed by atoms with Gasteiger partial charge in [-0.15, -0.1) is 0 Å². The van der Waals surface area contributed by atoms with Crippen LogP contribution in [0.3, 0.4) is 0 Å². The van der Waals surface area contributed by atoms with E-state index in [2.05, 4.69) is 4.90 Å². The molecular weight excluding hydrogens is 317 g/mol. The summed E-state index contributed by atoms with van der Waals surface area (Å²) in [5.74, 6) is 0.0242. The number of piperidine rings is 1. The molecule has 0 spiro atoms. The van der Waals surface area contributed by atoms with Crippen molar-refractivity contribution in [2.45, 2.75) is 38.0 Å². The minimum absolute atomic E-state index is 0.137. The first kappa shape index (κ1) is 18.4. The Kier molecular flexibility index (Phi) is 6.17. The lowest BCUT2D eigenvalue weighted by atomic mass is 9.87. The van der Waals surface area contributed by atoms with Crippen molar-refractivity contribution in [1.82, 2.24) is 4.90 Å². The molecule has 1 saturated heterocycles. The first-order valence-electron chi connectivity index (χ1n) is 8.17. The second-order valence-corrected chi connectivity index (χ2v) is 9.27. The van der Waals surface area contributed by atoms with Gasteiger partial charge in [0, 0.05) is 6.54 Å². The third-order valence-corrected chi connectivity index (χ3v) is 6.89. The highest BCUT2D eigenvalue weighted by Gasteiger charge is 2.27. The normalized spacial score (nSPS) is 19.2. The number of hydrogen-bond donors (Lipinski definition) is 1. The number of nitrogens with zero attached hydrogens (tertiary/aromatic N) is 1. The van der Waals surface area contributed by atoms with Crippen LogP contribution in [0, 0.1) is 11.7 Å². The number of aliphatic hydroxyl groups excluding tert-OH is 1. The number of aliphatic hydroxyl groups is 1. The Morgan fingerprint density at radius 2 is 1.78 bits per heavy atom. The van der Waals surface area contributed by atoms with E-state index < -0.39 is 15.9 Å². The van der Waals surface area contributed by atoms with Crippen molar-refractivity contribution in [3.05, 3.63) is 35.6 Å². The van der Waals surface area contributed by atoms with Crippen molar-refractivity contribution in [1.29, 1.82) is 0 Å². The minimum Gasteiger partial charge on any atom is -0.388 e. The van der Waals surface area contributed by atoms with Crippen LogP contribution in [0.25, 0.3) is 0 Å². The van der Waals surface area contributed by atoms with Crippen molar-refractivity contribution < 1.29 is 17.9 Å². The number of hydrogen-bond acceptors (Lipinski definition) is 4. The monoisotopic (exact) mass is 343 g/mol. The second-order valence-electron chi connectivity index (χ2n) is 6.59. The summed E-state index contributed by atoms with van der Waals surface area (Å²) in [6.07, 6.45) is 1.05. The van der Waals surface area contributed by atoms with E-state index in [4.69, 9.17) is 0 Å². The summed E-state index contributed by atoms with van der Waals surface area (Å²) in [5.41, 5.74) is 0.743. The highest BCUT2D eigenvalue weighted by atomic mass is 32.2. The summed E-state index contributed by atoms with van der Waals surface area (Å²) in [4.78, 5) is 2.15. The standard InChI is InChI=1S/C17H26FNO3S/c1-13(2)23(21,22)12-11-19-9-7-15(8-10-19)17(20)14-3-5-16(18)6-4-14/h3-6,13,15,17,20H,7-12H2,1-2H3. The summed E-state index contributed by atoms with van der Waals surface area (Å²) in [6, 6.07) is 5.98. The molecule has 1 heterocycles. The molecule has 130 valence electrons. The van der Waals surface area contributed by atoms with Crippen LogP contribution in [0.2, 0.25) is 0 Å². The Labute approximate surface area is 138 Å². The first-order valence-corrected chi connectivity index (χ1v) is 9.88. The number of benzene rings is 1. The molecule has 1 N–H and O–H groups in total. The van der Waals surface area contributed by atoms with E-state index in [1.807, 2.05) is 0 Å². The van der Waals surface area contributed by atoms with E-state index in [1.165, 1.54) is 12.1 Å². The van der Waals surface area contributed by atoms with Crippen LogP contribution >= 0.6 is 0 Å². The molecule has 0 bridgehead atoms. The van der Waals surface area contributed by atoms with Gasteiger partial charge >= 0.3 is 0 Å². The predicted octanol–water partition coefficient (Wildman–Crippen LogP) is 2.39. The van der Waals surface area contributed by atoms with Crippen molar-refractivity contribution >= 4 is 9.84 Å². The van der Waals surface area contributed by atoms with Gasteiger partial charge in [-0.3, -0.25) is 0 Å². The molecule has 6 heteroatoms. The maximum atomic E-state index is 12.9. The zero-order valence-electron chi connectivity index (χ0n) is 13.8. The molecule has 0 amide bonds. The molecule has 0 saturated carbocycles. The fraction of sp³-hybridized carbons (Fsp3) is 0.647.